The molecule has 9 heteroatoms. The quantitative estimate of drug-likeness (QED) is 0.208. The molecule has 0 aromatic rings. The van der Waals surface area contributed by atoms with Gasteiger partial charge in [0.2, 0.25) is 0 Å². The summed E-state index contributed by atoms with van der Waals surface area (Å²) < 4.78 is 30.1. The Kier molecular flexibility index (Phi) is 13.9. The van der Waals surface area contributed by atoms with E-state index in [-0.39, 0.29) is 6.61 Å². The van der Waals surface area contributed by atoms with Gasteiger partial charge in [0.1, 0.15) is 0 Å². The summed E-state index contributed by atoms with van der Waals surface area (Å²) in [5, 5.41) is 0. The van der Waals surface area contributed by atoms with Crippen molar-refractivity contribution < 1.29 is 32.6 Å². The van der Waals surface area contributed by atoms with Crippen molar-refractivity contribution >= 4 is 15.6 Å². The van der Waals surface area contributed by atoms with Crippen LogP contribution >= 0.6 is 15.6 Å². The van der Waals surface area contributed by atoms with E-state index in [2.05, 4.69) is 54.8 Å². The minimum absolute atomic E-state index is 0.265. The average Bonchev–Trinajstić information content (AvgIpc) is 2.51. The lowest BCUT2D eigenvalue weighted by atomic mass is 10.0. The van der Waals surface area contributed by atoms with Crippen LogP contribution in [0.4, 0.5) is 0 Å². The van der Waals surface area contributed by atoms with Crippen molar-refractivity contribution in [1.82, 2.24) is 0 Å². The average molecular weight is 450 g/mol. The number of hydrogen-bond acceptors (Lipinski definition) is 4. The van der Waals surface area contributed by atoms with Crippen LogP contribution < -0.4 is 0 Å². The molecule has 3 N–H and O–H groups in total. The predicted octanol–water partition coefficient (Wildman–Crippen LogP) is 6.36. The maximum absolute atomic E-state index is 11.3. The van der Waals surface area contributed by atoms with Crippen molar-refractivity contribution in [3.8, 4) is 0 Å². The molecule has 0 aliphatic carbocycles. The van der Waals surface area contributed by atoms with Crippen LogP contribution in [0.1, 0.15) is 73.1 Å². The highest BCUT2D eigenvalue weighted by Gasteiger charge is 2.31. The first-order chi connectivity index (χ1) is 13.3. The molecule has 0 saturated carbocycles. The molecule has 0 rings (SSSR count). The summed E-state index contributed by atoms with van der Waals surface area (Å²) in [6.45, 7) is 10.1. The maximum Gasteiger partial charge on any atom is 0.481 e. The molecule has 0 saturated heterocycles. The Balaban J connectivity index is 4.20. The van der Waals surface area contributed by atoms with Crippen molar-refractivity contribution in [2.75, 3.05) is 6.61 Å². The van der Waals surface area contributed by atoms with Crippen molar-refractivity contribution in [2.45, 2.75) is 73.1 Å². The van der Waals surface area contributed by atoms with Gasteiger partial charge in [-0.25, -0.2) is 9.13 Å². The number of allylic oxidation sites excluding steroid dienone is 7. The second kappa shape index (κ2) is 14.3. The molecule has 0 fully saturated rings. The lowest BCUT2D eigenvalue weighted by Gasteiger charge is -2.11. The standard InChI is InChI=1S/C20H36O7P2/c1-17(2)9-6-10-18(3)11-7-12-19(4)13-8-14-20(5)15-16-26-29(24,25)27-28(21,22)23/h9,11,13,15H,6-8,10,12,14,16H2,1-5H3,(H,24,25)(H2,21,22,23)/b18-11+,19-13-,20-15+. The van der Waals surface area contributed by atoms with E-state index in [1.54, 1.807) is 6.08 Å². The van der Waals surface area contributed by atoms with Gasteiger partial charge in [-0.2, -0.15) is 4.31 Å². The number of rotatable bonds is 14. The molecule has 0 aromatic carbocycles. The van der Waals surface area contributed by atoms with Crippen LogP contribution in [0.2, 0.25) is 0 Å². The third-order valence-corrected chi connectivity index (χ3v) is 6.18. The van der Waals surface area contributed by atoms with Gasteiger partial charge in [-0.1, -0.05) is 46.6 Å². The summed E-state index contributed by atoms with van der Waals surface area (Å²) in [6.07, 6.45) is 14.1. The van der Waals surface area contributed by atoms with E-state index in [0.29, 0.717) is 0 Å². The van der Waals surface area contributed by atoms with Gasteiger partial charge in [0, 0.05) is 0 Å². The van der Waals surface area contributed by atoms with E-state index in [1.165, 1.54) is 16.7 Å². The summed E-state index contributed by atoms with van der Waals surface area (Å²) in [4.78, 5) is 26.2. The Labute approximate surface area is 175 Å². The van der Waals surface area contributed by atoms with Crippen LogP contribution in [0.25, 0.3) is 0 Å². The first kappa shape index (κ1) is 28.2. The Hall–Kier alpha value is -0.780. The van der Waals surface area contributed by atoms with Crippen LogP contribution in [0, 0.1) is 0 Å². The molecule has 0 radical (unpaired) electrons. The molecule has 0 bridgehead atoms. The van der Waals surface area contributed by atoms with Crippen LogP contribution in [0.3, 0.4) is 0 Å². The first-order valence-electron chi connectivity index (χ1n) is 9.65. The van der Waals surface area contributed by atoms with Crippen LogP contribution in [0.15, 0.2) is 46.6 Å². The highest BCUT2D eigenvalue weighted by Crippen LogP contribution is 2.57. The van der Waals surface area contributed by atoms with Crippen LogP contribution in [-0.2, 0) is 18.0 Å². The smallest absolute Gasteiger partial charge is 0.302 e. The summed E-state index contributed by atoms with van der Waals surface area (Å²) in [7, 11) is -9.85. The first-order valence-corrected chi connectivity index (χ1v) is 12.7. The van der Waals surface area contributed by atoms with Gasteiger partial charge in [0.15, 0.2) is 0 Å². The molecule has 0 spiro atoms. The predicted molar refractivity (Wildman–Crippen MR) is 117 cm³/mol. The zero-order chi connectivity index (χ0) is 22.5. The summed E-state index contributed by atoms with van der Waals surface area (Å²) >= 11 is 0. The van der Waals surface area contributed by atoms with E-state index in [9.17, 15) is 14.0 Å². The van der Waals surface area contributed by atoms with Gasteiger partial charge in [-0.05, 0) is 73.1 Å². The third kappa shape index (κ3) is 19.0. The molecular weight excluding hydrogens is 414 g/mol. The SMILES string of the molecule is CC(C)=CCC/C(C)=C/CC/C(C)=C\CC/C(C)=C/COP(=O)(O)OP(=O)(O)O. The monoisotopic (exact) mass is 450 g/mol. The van der Waals surface area contributed by atoms with Gasteiger partial charge in [0.25, 0.3) is 0 Å². The van der Waals surface area contributed by atoms with E-state index >= 15 is 0 Å². The van der Waals surface area contributed by atoms with Crippen LogP contribution in [-0.4, -0.2) is 21.3 Å². The normalized spacial score (nSPS) is 15.9. The lowest BCUT2D eigenvalue weighted by molar-refractivity contribution is 0.191. The zero-order valence-corrected chi connectivity index (χ0v) is 19.9. The van der Waals surface area contributed by atoms with Crippen molar-refractivity contribution in [3.05, 3.63) is 46.6 Å². The molecule has 1 atom stereocenters. The minimum atomic E-state index is -5.08. The molecule has 29 heavy (non-hydrogen) atoms. The number of phosphoric acid groups is 2. The molecular formula is C20H36O7P2. The van der Waals surface area contributed by atoms with Crippen LogP contribution in [0.5, 0.6) is 0 Å². The largest absolute Gasteiger partial charge is 0.481 e. The summed E-state index contributed by atoms with van der Waals surface area (Å²) in [5.74, 6) is 0. The molecule has 0 heterocycles. The third-order valence-electron chi connectivity index (χ3n) is 4.03. The molecule has 168 valence electrons. The van der Waals surface area contributed by atoms with Gasteiger partial charge in [-0.15, -0.1) is 0 Å². The summed E-state index contributed by atoms with van der Waals surface area (Å²) in [6, 6.07) is 0. The zero-order valence-electron chi connectivity index (χ0n) is 18.1. The summed E-state index contributed by atoms with van der Waals surface area (Å²) in [5.41, 5.74) is 5.03. The Morgan fingerprint density at radius 2 is 1.14 bits per heavy atom. The molecule has 7 nitrogen and oxygen atoms in total. The molecule has 0 aliphatic heterocycles. The second-order valence-corrected chi connectivity index (χ2v) is 10.2. The second-order valence-electron chi connectivity index (χ2n) is 7.39. The van der Waals surface area contributed by atoms with E-state index in [4.69, 9.17) is 9.79 Å². The van der Waals surface area contributed by atoms with Crippen molar-refractivity contribution in [1.29, 1.82) is 0 Å². The highest BCUT2D eigenvalue weighted by molar-refractivity contribution is 7.60. The van der Waals surface area contributed by atoms with Gasteiger partial charge in [0.05, 0.1) is 6.61 Å². The van der Waals surface area contributed by atoms with Gasteiger partial charge < -0.3 is 14.7 Å². The topological polar surface area (TPSA) is 113 Å². The van der Waals surface area contributed by atoms with E-state index < -0.39 is 15.6 Å². The van der Waals surface area contributed by atoms with Crippen molar-refractivity contribution in [2.24, 2.45) is 0 Å². The Morgan fingerprint density at radius 3 is 1.55 bits per heavy atom. The van der Waals surface area contributed by atoms with Crippen molar-refractivity contribution in [3.63, 3.8) is 0 Å². The van der Waals surface area contributed by atoms with Gasteiger partial charge in [-0.3, -0.25) is 4.52 Å². The maximum atomic E-state index is 11.3. The Bertz CT molecular complexity index is 710. The molecule has 0 aromatic heterocycles. The Morgan fingerprint density at radius 1 is 0.724 bits per heavy atom. The fourth-order valence-corrected chi connectivity index (χ4v) is 3.95. The fourth-order valence-electron chi connectivity index (χ4n) is 2.42. The van der Waals surface area contributed by atoms with E-state index in [0.717, 1.165) is 44.1 Å². The minimum Gasteiger partial charge on any atom is -0.302 e. The molecule has 0 amide bonds. The molecule has 1 unspecified atom stereocenters. The number of phosphoric ester groups is 1. The lowest BCUT2D eigenvalue weighted by Crippen LogP contribution is -1.94. The fraction of sp³-hybridized carbons (Fsp3) is 0.600. The van der Waals surface area contributed by atoms with Gasteiger partial charge >= 0.3 is 15.6 Å². The van der Waals surface area contributed by atoms with E-state index in [1.807, 2.05) is 6.92 Å². The highest BCUT2D eigenvalue weighted by atomic mass is 31.3. The molecule has 0 aliphatic rings. The number of hydrogen-bond donors (Lipinski definition) is 3.